The van der Waals surface area contributed by atoms with E-state index >= 15 is 0 Å². The fourth-order valence-corrected chi connectivity index (χ4v) is 2.29. The third-order valence-electron chi connectivity index (χ3n) is 3.82. The molecule has 2 nitrogen and oxygen atoms in total. The molecule has 0 saturated carbocycles. The zero-order chi connectivity index (χ0) is 12.0. The third kappa shape index (κ3) is 5.31. The highest BCUT2D eigenvalue weighted by molar-refractivity contribution is 4.78. The van der Waals surface area contributed by atoms with Crippen molar-refractivity contribution in [3.8, 4) is 0 Å². The van der Waals surface area contributed by atoms with Gasteiger partial charge >= 0.3 is 0 Å². The highest BCUT2D eigenvalue weighted by atomic mass is 15.1. The van der Waals surface area contributed by atoms with E-state index in [-0.39, 0.29) is 5.41 Å². The molecule has 1 heterocycles. The Morgan fingerprint density at radius 1 is 1.00 bits per heavy atom. The molecule has 1 aliphatic rings. The predicted octanol–water partition coefficient (Wildman–Crippen LogP) is 3.02. The van der Waals surface area contributed by atoms with Crippen molar-refractivity contribution in [2.24, 2.45) is 11.1 Å². The summed E-state index contributed by atoms with van der Waals surface area (Å²) < 4.78 is 0. The average Bonchev–Trinajstić information content (AvgIpc) is 2.14. The van der Waals surface area contributed by atoms with Crippen LogP contribution in [-0.4, -0.2) is 30.6 Å². The fourth-order valence-electron chi connectivity index (χ4n) is 2.29. The lowest BCUT2D eigenvalue weighted by atomic mass is 9.85. The van der Waals surface area contributed by atoms with Gasteiger partial charge in [0.1, 0.15) is 0 Å². The quantitative estimate of drug-likeness (QED) is 0.801. The van der Waals surface area contributed by atoms with Gasteiger partial charge in [-0.05, 0) is 44.3 Å². The Morgan fingerprint density at radius 3 is 2.00 bits per heavy atom. The van der Waals surface area contributed by atoms with Crippen LogP contribution < -0.4 is 5.73 Å². The van der Waals surface area contributed by atoms with Crippen molar-refractivity contribution < 1.29 is 0 Å². The first-order valence-electron chi connectivity index (χ1n) is 6.98. The molecule has 0 bridgehead atoms. The first-order chi connectivity index (χ1) is 7.50. The maximum absolute atomic E-state index is 6.21. The van der Waals surface area contributed by atoms with Crippen LogP contribution in [0, 0.1) is 5.41 Å². The Hall–Kier alpha value is -0.0800. The van der Waals surface area contributed by atoms with E-state index in [9.17, 15) is 0 Å². The van der Waals surface area contributed by atoms with Crippen molar-refractivity contribution in [1.82, 2.24) is 4.90 Å². The maximum Gasteiger partial charge on any atom is 0.00998 e. The molecule has 0 radical (unpaired) electrons. The molecule has 0 aromatic rings. The second-order valence-corrected chi connectivity index (χ2v) is 6.37. The van der Waals surface area contributed by atoms with Gasteiger partial charge in [0.2, 0.25) is 0 Å². The van der Waals surface area contributed by atoms with Gasteiger partial charge in [-0.1, -0.05) is 40.0 Å². The zero-order valence-corrected chi connectivity index (χ0v) is 11.5. The maximum atomic E-state index is 6.21. The van der Waals surface area contributed by atoms with Crippen LogP contribution in [0.3, 0.4) is 0 Å². The highest BCUT2D eigenvalue weighted by Crippen LogP contribution is 2.20. The Bertz CT molecular complexity index is 176. The molecule has 2 N–H and O–H groups in total. The average molecular weight is 226 g/mol. The largest absolute Gasteiger partial charge is 0.327 e. The third-order valence-corrected chi connectivity index (χ3v) is 3.82. The van der Waals surface area contributed by atoms with Crippen LogP contribution in [0.5, 0.6) is 0 Å². The molecule has 2 heteroatoms. The minimum absolute atomic E-state index is 0.253. The number of nitrogens with two attached hydrogens (primary N) is 1. The topological polar surface area (TPSA) is 29.3 Å². The highest BCUT2D eigenvalue weighted by Gasteiger charge is 2.21. The molecule has 16 heavy (non-hydrogen) atoms. The van der Waals surface area contributed by atoms with Gasteiger partial charge in [0.05, 0.1) is 0 Å². The lowest BCUT2D eigenvalue weighted by Gasteiger charge is -2.30. The van der Waals surface area contributed by atoms with Crippen LogP contribution in [0.15, 0.2) is 0 Å². The van der Waals surface area contributed by atoms with E-state index in [2.05, 4.69) is 25.7 Å². The van der Waals surface area contributed by atoms with Crippen LogP contribution in [-0.2, 0) is 0 Å². The molecule has 1 unspecified atom stereocenters. The summed E-state index contributed by atoms with van der Waals surface area (Å²) in [5.74, 6) is 0. The minimum atomic E-state index is 0.253. The van der Waals surface area contributed by atoms with E-state index < -0.39 is 0 Å². The second kappa shape index (κ2) is 6.61. The van der Waals surface area contributed by atoms with Crippen LogP contribution >= 0.6 is 0 Å². The molecule has 0 amide bonds. The summed E-state index contributed by atoms with van der Waals surface area (Å²) in [6.45, 7) is 10.5. The molecule has 1 saturated heterocycles. The Morgan fingerprint density at radius 2 is 1.50 bits per heavy atom. The Kier molecular flexibility index (Phi) is 5.77. The number of nitrogens with zero attached hydrogens (tertiary/aromatic N) is 1. The molecule has 0 aromatic heterocycles. The lowest BCUT2D eigenvalue weighted by molar-refractivity contribution is 0.213. The van der Waals surface area contributed by atoms with Crippen LogP contribution in [0.2, 0.25) is 0 Å². The van der Waals surface area contributed by atoms with E-state index in [1.54, 1.807) is 0 Å². The van der Waals surface area contributed by atoms with Crippen molar-refractivity contribution in [2.75, 3.05) is 19.6 Å². The number of hydrogen-bond acceptors (Lipinski definition) is 2. The van der Waals surface area contributed by atoms with Gasteiger partial charge in [-0.25, -0.2) is 0 Å². The summed E-state index contributed by atoms with van der Waals surface area (Å²) in [6, 6.07) is 0.331. The lowest BCUT2D eigenvalue weighted by Crippen LogP contribution is -2.39. The van der Waals surface area contributed by atoms with E-state index in [1.807, 2.05) is 0 Å². The fraction of sp³-hybridized carbons (Fsp3) is 1.00. The standard InChI is InChI=1S/C14H30N2/c1-14(2,3)13(15)9-12-16-10-7-5-4-6-8-11-16/h13H,4-12,15H2,1-3H3. The first kappa shape index (κ1) is 14.0. The molecule has 0 aromatic carbocycles. The minimum Gasteiger partial charge on any atom is -0.327 e. The van der Waals surface area contributed by atoms with E-state index in [0.29, 0.717) is 6.04 Å². The molecular formula is C14H30N2. The zero-order valence-electron chi connectivity index (χ0n) is 11.5. The molecule has 1 rings (SSSR count). The monoisotopic (exact) mass is 226 g/mol. The van der Waals surface area contributed by atoms with Gasteiger partial charge in [0.15, 0.2) is 0 Å². The Balaban J connectivity index is 2.24. The van der Waals surface area contributed by atoms with Gasteiger partial charge in [0, 0.05) is 6.04 Å². The van der Waals surface area contributed by atoms with Crippen LogP contribution in [0.25, 0.3) is 0 Å². The van der Waals surface area contributed by atoms with Crippen molar-refractivity contribution in [3.05, 3.63) is 0 Å². The smallest absolute Gasteiger partial charge is 0.00998 e. The van der Waals surface area contributed by atoms with Gasteiger partial charge in [-0.15, -0.1) is 0 Å². The molecular weight excluding hydrogens is 196 g/mol. The molecule has 0 spiro atoms. The van der Waals surface area contributed by atoms with Crippen LogP contribution in [0.1, 0.15) is 59.3 Å². The molecule has 1 atom stereocenters. The Labute approximate surface area is 102 Å². The molecule has 0 aliphatic carbocycles. The van der Waals surface area contributed by atoms with Crippen LogP contribution in [0.4, 0.5) is 0 Å². The summed E-state index contributed by atoms with van der Waals surface area (Å²) in [5.41, 5.74) is 6.46. The van der Waals surface area contributed by atoms with E-state index in [4.69, 9.17) is 5.73 Å². The van der Waals surface area contributed by atoms with Gasteiger partial charge in [-0.3, -0.25) is 0 Å². The van der Waals surface area contributed by atoms with E-state index in [0.717, 1.165) is 6.42 Å². The first-order valence-corrected chi connectivity index (χ1v) is 6.98. The molecule has 96 valence electrons. The SMILES string of the molecule is CC(C)(C)C(N)CCN1CCCCCCC1. The normalized spacial score (nSPS) is 22.5. The number of likely N-dealkylation sites (tertiary alicyclic amines) is 1. The van der Waals surface area contributed by atoms with Gasteiger partial charge in [-0.2, -0.15) is 0 Å². The van der Waals surface area contributed by atoms with Crippen molar-refractivity contribution in [2.45, 2.75) is 65.3 Å². The second-order valence-electron chi connectivity index (χ2n) is 6.37. The van der Waals surface area contributed by atoms with Gasteiger partial charge < -0.3 is 10.6 Å². The summed E-state index contributed by atoms with van der Waals surface area (Å²) in [4.78, 5) is 2.62. The number of hydrogen-bond donors (Lipinski definition) is 1. The van der Waals surface area contributed by atoms with Crippen molar-refractivity contribution in [1.29, 1.82) is 0 Å². The van der Waals surface area contributed by atoms with Gasteiger partial charge in [0.25, 0.3) is 0 Å². The van der Waals surface area contributed by atoms with Crippen molar-refractivity contribution >= 4 is 0 Å². The number of rotatable bonds is 3. The predicted molar refractivity (Wildman–Crippen MR) is 71.6 cm³/mol. The summed E-state index contributed by atoms with van der Waals surface area (Å²) in [5, 5.41) is 0. The summed E-state index contributed by atoms with van der Waals surface area (Å²) in [6.07, 6.45) is 8.18. The molecule has 1 fully saturated rings. The van der Waals surface area contributed by atoms with Crippen molar-refractivity contribution in [3.63, 3.8) is 0 Å². The van der Waals surface area contributed by atoms with E-state index in [1.165, 1.54) is 51.7 Å². The summed E-state index contributed by atoms with van der Waals surface area (Å²) >= 11 is 0. The summed E-state index contributed by atoms with van der Waals surface area (Å²) in [7, 11) is 0. The molecule has 1 aliphatic heterocycles.